The van der Waals surface area contributed by atoms with Crippen LogP contribution in [0.4, 0.5) is 0 Å². The number of thiazole rings is 1. The molecular weight excluding hydrogens is 354 g/mol. The Kier molecular flexibility index (Phi) is 4.21. The fraction of sp³-hybridized carbons (Fsp3) is 0.316. The molecule has 2 heterocycles. The number of nitrogens with one attached hydrogen (secondary N) is 1. The number of hydrogen-bond donors (Lipinski definition) is 1. The molecule has 1 N–H and O–H groups in total. The summed E-state index contributed by atoms with van der Waals surface area (Å²) in [5.41, 5.74) is 0.964. The number of hydrogen-bond acceptors (Lipinski definition) is 4. The smallest absolute Gasteiger partial charge is 0.270 e. The molecule has 6 heteroatoms. The fourth-order valence-electron chi connectivity index (χ4n) is 3.50. The normalized spacial score (nSPS) is 16.2. The van der Waals surface area contributed by atoms with Crippen LogP contribution in [-0.4, -0.2) is 15.9 Å². The minimum atomic E-state index is -0.379. The van der Waals surface area contributed by atoms with Crippen molar-refractivity contribution in [2.45, 2.75) is 38.1 Å². The van der Waals surface area contributed by atoms with Crippen molar-refractivity contribution >= 4 is 39.6 Å². The third-order valence-corrected chi connectivity index (χ3v) is 6.22. The second kappa shape index (κ2) is 6.39. The molecule has 1 aliphatic rings. The number of aromatic nitrogens is 2. The average Bonchev–Trinajstić information content (AvgIpc) is 3.25. The molecule has 1 fully saturated rings. The van der Waals surface area contributed by atoms with Gasteiger partial charge in [0.15, 0.2) is 0 Å². The Morgan fingerprint density at radius 3 is 2.72 bits per heavy atom. The minimum Gasteiger partial charge on any atom is -0.339 e. The van der Waals surface area contributed by atoms with E-state index in [4.69, 9.17) is 11.6 Å². The lowest BCUT2D eigenvalue weighted by Gasteiger charge is -2.28. The van der Waals surface area contributed by atoms with E-state index in [1.54, 1.807) is 17.4 Å². The second-order valence-corrected chi connectivity index (χ2v) is 7.77. The van der Waals surface area contributed by atoms with E-state index in [2.05, 4.69) is 15.3 Å². The number of fused-ring (bicyclic) bond motifs is 1. The van der Waals surface area contributed by atoms with Gasteiger partial charge < -0.3 is 5.32 Å². The lowest BCUT2D eigenvalue weighted by molar-refractivity contribution is 0.0893. The monoisotopic (exact) mass is 371 g/mol. The van der Waals surface area contributed by atoms with Crippen LogP contribution in [-0.2, 0) is 5.54 Å². The van der Waals surface area contributed by atoms with E-state index in [1.807, 2.05) is 36.6 Å². The Hall–Kier alpha value is -1.98. The molecule has 0 unspecified atom stereocenters. The molecule has 0 spiro atoms. The predicted molar refractivity (Wildman–Crippen MR) is 101 cm³/mol. The van der Waals surface area contributed by atoms with E-state index in [0.29, 0.717) is 10.8 Å². The van der Waals surface area contributed by atoms with Gasteiger partial charge in [0.2, 0.25) is 0 Å². The van der Waals surface area contributed by atoms with Gasteiger partial charge >= 0.3 is 0 Å². The lowest BCUT2D eigenvalue weighted by atomic mass is 9.98. The van der Waals surface area contributed by atoms with E-state index >= 15 is 0 Å². The molecule has 3 aromatic rings. The number of amides is 1. The first-order valence-electron chi connectivity index (χ1n) is 8.38. The molecule has 0 atom stereocenters. The number of halogens is 1. The van der Waals surface area contributed by atoms with Gasteiger partial charge in [-0.2, -0.15) is 0 Å². The van der Waals surface area contributed by atoms with Gasteiger partial charge in [-0.25, -0.2) is 9.97 Å². The number of aryl methyl sites for hydroxylation is 1. The molecule has 1 saturated carbocycles. The molecule has 0 bridgehead atoms. The van der Waals surface area contributed by atoms with E-state index in [1.165, 1.54) is 0 Å². The highest BCUT2D eigenvalue weighted by atomic mass is 35.5. The van der Waals surface area contributed by atoms with Gasteiger partial charge in [-0.1, -0.05) is 48.7 Å². The maximum absolute atomic E-state index is 12.9. The number of carbonyl (C=O) groups is 1. The zero-order chi connectivity index (χ0) is 17.4. The number of pyridine rings is 1. The number of carbonyl (C=O) groups excluding carboxylic acids is 1. The summed E-state index contributed by atoms with van der Waals surface area (Å²) in [5, 5.41) is 8.37. The second-order valence-electron chi connectivity index (χ2n) is 6.56. The van der Waals surface area contributed by atoms with Crippen LogP contribution >= 0.6 is 22.9 Å². The molecule has 0 radical (unpaired) electrons. The Balaban J connectivity index is 1.68. The van der Waals surface area contributed by atoms with Crippen molar-refractivity contribution in [3.8, 4) is 0 Å². The van der Waals surface area contributed by atoms with Crippen molar-refractivity contribution in [1.29, 1.82) is 0 Å². The summed E-state index contributed by atoms with van der Waals surface area (Å²) < 4.78 is 0. The van der Waals surface area contributed by atoms with Crippen molar-refractivity contribution in [1.82, 2.24) is 15.3 Å². The number of benzene rings is 1. The van der Waals surface area contributed by atoms with Crippen LogP contribution in [0.2, 0.25) is 5.15 Å². The first-order chi connectivity index (χ1) is 12.1. The quantitative estimate of drug-likeness (QED) is 0.669. The largest absolute Gasteiger partial charge is 0.339 e. The first-order valence-corrected chi connectivity index (χ1v) is 9.64. The SMILES string of the molecule is Cc1csc(C2(NC(=O)c3cc4ccccc4c(Cl)n3)CCCC2)n1. The highest BCUT2D eigenvalue weighted by Crippen LogP contribution is 2.40. The van der Waals surface area contributed by atoms with Crippen molar-refractivity contribution < 1.29 is 4.79 Å². The summed E-state index contributed by atoms with van der Waals surface area (Å²) in [6, 6.07) is 9.48. The zero-order valence-corrected chi connectivity index (χ0v) is 15.5. The zero-order valence-electron chi connectivity index (χ0n) is 13.9. The summed E-state index contributed by atoms with van der Waals surface area (Å²) in [7, 11) is 0. The lowest BCUT2D eigenvalue weighted by Crippen LogP contribution is -2.44. The van der Waals surface area contributed by atoms with Gasteiger partial charge in [0.05, 0.1) is 5.54 Å². The Morgan fingerprint density at radius 1 is 1.24 bits per heavy atom. The Morgan fingerprint density at radius 2 is 2.00 bits per heavy atom. The van der Waals surface area contributed by atoms with Crippen LogP contribution in [0.25, 0.3) is 10.8 Å². The molecule has 0 aliphatic heterocycles. The molecule has 25 heavy (non-hydrogen) atoms. The molecule has 128 valence electrons. The molecule has 1 aromatic carbocycles. The van der Waals surface area contributed by atoms with Crippen LogP contribution in [0, 0.1) is 6.92 Å². The fourth-order valence-corrected chi connectivity index (χ4v) is 4.77. The van der Waals surface area contributed by atoms with Crippen molar-refractivity contribution in [2.24, 2.45) is 0 Å². The van der Waals surface area contributed by atoms with Crippen molar-refractivity contribution in [3.05, 3.63) is 57.3 Å². The maximum Gasteiger partial charge on any atom is 0.270 e. The van der Waals surface area contributed by atoms with Crippen LogP contribution in [0.3, 0.4) is 0 Å². The van der Waals surface area contributed by atoms with Gasteiger partial charge in [-0.15, -0.1) is 11.3 Å². The highest BCUT2D eigenvalue weighted by molar-refractivity contribution is 7.09. The van der Waals surface area contributed by atoms with Gasteiger partial charge in [-0.05, 0) is 31.2 Å². The average molecular weight is 372 g/mol. The molecule has 2 aromatic heterocycles. The van der Waals surface area contributed by atoms with E-state index < -0.39 is 0 Å². The first kappa shape index (κ1) is 16.5. The van der Waals surface area contributed by atoms with Crippen LogP contribution in [0.5, 0.6) is 0 Å². The third kappa shape index (κ3) is 3.02. The number of rotatable bonds is 3. The Bertz CT molecular complexity index is 947. The molecule has 4 rings (SSSR count). The minimum absolute atomic E-state index is 0.192. The summed E-state index contributed by atoms with van der Waals surface area (Å²) in [4.78, 5) is 21.9. The highest BCUT2D eigenvalue weighted by Gasteiger charge is 2.40. The van der Waals surface area contributed by atoms with Gasteiger partial charge in [0.25, 0.3) is 5.91 Å². The van der Waals surface area contributed by atoms with Crippen LogP contribution in [0.15, 0.2) is 35.7 Å². The molecular formula is C19H18ClN3OS. The van der Waals surface area contributed by atoms with Gasteiger partial charge in [0.1, 0.15) is 15.9 Å². The van der Waals surface area contributed by atoms with Crippen molar-refractivity contribution in [3.63, 3.8) is 0 Å². The third-order valence-electron chi connectivity index (χ3n) is 4.76. The summed E-state index contributed by atoms with van der Waals surface area (Å²) in [5.74, 6) is -0.192. The van der Waals surface area contributed by atoms with Crippen molar-refractivity contribution in [2.75, 3.05) is 0 Å². The van der Waals surface area contributed by atoms with Gasteiger partial charge in [0, 0.05) is 16.5 Å². The molecule has 1 aliphatic carbocycles. The molecule has 1 amide bonds. The summed E-state index contributed by atoms with van der Waals surface area (Å²) in [6.07, 6.45) is 4.00. The predicted octanol–water partition coefficient (Wildman–Crippen LogP) is 4.85. The maximum atomic E-state index is 12.9. The van der Waals surface area contributed by atoms with Crippen LogP contribution < -0.4 is 5.32 Å². The van der Waals surface area contributed by atoms with Crippen LogP contribution in [0.1, 0.15) is 46.9 Å². The standard InChI is InChI=1S/C19H18ClN3OS/c1-12-11-25-18(21-12)19(8-4-5-9-19)23-17(24)15-10-13-6-2-3-7-14(13)16(20)22-15/h2-3,6-7,10-11H,4-5,8-9H2,1H3,(H,23,24). The molecule has 4 nitrogen and oxygen atoms in total. The molecule has 0 saturated heterocycles. The topological polar surface area (TPSA) is 54.9 Å². The van der Waals surface area contributed by atoms with E-state index in [0.717, 1.165) is 47.2 Å². The summed E-state index contributed by atoms with van der Waals surface area (Å²) >= 11 is 7.89. The summed E-state index contributed by atoms with van der Waals surface area (Å²) in [6.45, 7) is 1.98. The van der Waals surface area contributed by atoms with E-state index in [-0.39, 0.29) is 11.4 Å². The van der Waals surface area contributed by atoms with E-state index in [9.17, 15) is 4.79 Å². The Labute approximate surface area is 155 Å². The van der Waals surface area contributed by atoms with Gasteiger partial charge in [-0.3, -0.25) is 4.79 Å². The number of nitrogens with zero attached hydrogens (tertiary/aromatic N) is 2.